The van der Waals surface area contributed by atoms with E-state index in [-0.39, 0.29) is 5.54 Å². The predicted molar refractivity (Wildman–Crippen MR) is 74.7 cm³/mol. The van der Waals surface area contributed by atoms with Crippen molar-refractivity contribution in [3.8, 4) is 0 Å². The van der Waals surface area contributed by atoms with Crippen molar-refractivity contribution >= 4 is 0 Å². The molecule has 94 valence electrons. The van der Waals surface area contributed by atoms with E-state index in [1.165, 1.54) is 11.1 Å². The van der Waals surface area contributed by atoms with Crippen molar-refractivity contribution in [1.82, 2.24) is 4.90 Å². The summed E-state index contributed by atoms with van der Waals surface area (Å²) in [4.78, 5) is 2.40. The zero-order valence-electron chi connectivity index (χ0n) is 11.2. The maximum absolute atomic E-state index is 5.59. The van der Waals surface area contributed by atoms with Gasteiger partial charge in [0.15, 0.2) is 0 Å². The topological polar surface area (TPSA) is 29.3 Å². The van der Waals surface area contributed by atoms with Gasteiger partial charge >= 0.3 is 0 Å². The molecular weight excluding hydrogens is 208 g/mol. The molecule has 0 aliphatic heterocycles. The number of hydrogen-bond donors (Lipinski definition) is 1. The quantitative estimate of drug-likeness (QED) is 0.791. The van der Waals surface area contributed by atoms with Gasteiger partial charge in [-0.1, -0.05) is 30.3 Å². The lowest BCUT2D eigenvalue weighted by molar-refractivity contribution is 0.145. The van der Waals surface area contributed by atoms with Crippen molar-refractivity contribution in [2.24, 2.45) is 5.73 Å². The summed E-state index contributed by atoms with van der Waals surface area (Å²) in [5, 5.41) is 0. The van der Waals surface area contributed by atoms with Crippen LogP contribution >= 0.6 is 0 Å². The first-order valence-electron chi connectivity index (χ1n) is 6.11. The standard InChI is InChI=1S/C15H24N2/c1-5-10-17(15(2,3)4)12-14-8-6-13(11-16)7-9-14/h5-9H,1,10-12,16H2,2-4H3. The van der Waals surface area contributed by atoms with Gasteiger partial charge in [-0.3, -0.25) is 4.90 Å². The lowest BCUT2D eigenvalue weighted by Gasteiger charge is -2.34. The Kier molecular flexibility index (Phi) is 4.91. The summed E-state index contributed by atoms with van der Waals surface area (Å²) >= 11 is 0. The minimum absolute atomic E-state index is 0.154. The van der Waals surface area contributed by atoms with Crippen LogP contribution in [-0.2, 0) is 13.1 Å². The molecule has 0 aliphatic carbocycles. The monoisotopic (exact) mass is 232 g/mol. The van der Waals surface area contributed by atoms with E-state index in [0.29, 0.717) is 6.54 Å². The van der Waals surface area contributed by atoms with Crippen LogP contribution in [0, 0.1) is 0 Å². The lowest BCUT2D eigenvalue weighted by Crippen LogP contribution is -2.40. The van der Waals surface area contributed by atoms with Gasteiger partial charge in [0, 0.05) is 25.2 Å². The molecule has 0 aliphatic rings. The normalized spacial score (nSPS) is 11.8. The third-order valence-electron chi connectivity index (χ3n) is 2.93. The van der Waals surface area contributed by atoms with E-state index >= 15 is 0 Å². The number of benzene rings is 1. The summed E-state index contributed by atoms with van der Waals surface area (Å²) in [6, 6.07) is 8.52. The average Bonchev–Trinajstić information content (AvgIpc) is 2.28. The Bertz CT molecular complexity index is 346. The van der Waals surface area contributed by atoms with Gasteiger partial charge < -0.3 is 5.73 Å². The molecule has 2 N–H and O–H groups in total. The summed E-state index contributed by atoms with van der Waals surface area (Å²) in [7, 11) is 0. The molecule has 0 atom stereocenters. The number of rotatable bonds is 5. The molecule has 0 aromatic heterocycles. The van der Waals surface area contributed by atoms with Gasteiger partial charge in [-0.05, 0) is 31.9 Å². The second-order valence-corrected chi connectivity index (χ2v) is 5.36. The smallest absolute Gasteiger partial charge is 0.0242 e. The summed E-state index contributed by atoms with van der Waals surface area (Å²) < 4.78 is 0. The highest BCUT2D eigenvalue weighted by Crippen LogP contribution is 2.17. The largest absolute Gasteiger partial charge is 0.326 e. The third kappa shape index (κ3) is 4.33. The first-order chi connectivity index (χ1) is 7.97. The van der Waals surface area contributed by atoms with Crippen molar-refractivity contribution in [2.45, 2.75) is 39.4 Å². The van der Waals surface area contributed by atoms with Crippen LogP contribution < -0.4 is 5.73 Å². The minimum atomic E-state index is 0.154. The van der Waals surface area contributed by atoms with Gasteiger partial charge in [0.25, 0.3) is 0 Å². The summed E-state index contributed by atoms with van der Waals surface area (Å²) in [5.41, 5.74) is 8.25. The summed E-state index contributed by atoms with van der Waals surface area (Å²) in [6.45, 7) is 13.0. The molecule has 1 rings (SSSR count). The first kappa shape index (κ1) is 13.9. The molecule has 17 heavy (non-hydrogen) atoms. The first-order valence-corrected chi connectivity index (χ1v) is 6.11. The fourth-order valence-electron chi connectivity index (χ4n) is 1.73. The Hall–Kier alpha value is -1.12. The highest BCUT2D eigenvalue weighted by Gasteiger charge is 2.19. The van der Waals surface area contributed by atoms with Gasteiger partial charge in [0.05, 0.1) is 0 Å². The van der Waals surface area contributed by atoms with Crippen molar-refractivity contribution in [1.29, 1.82) is 0 Å². The van der Waals surface area contributed by atoms with E-state index in [4.69, 9.17) is 5.73 Å². The molecule has 0 bridgehead atoms. The molecule has 0 fully saturated rings. The molecule has 0 spiro atoms. The second-order valence-electron chi connectivity index (χ2n) is 5.36. The number of nitrogens with zero attached hydrogens (tertiary/aromatic N) is 1. The molecule has 2 heteroatoms. The SMILES string of the molecule is C=CCN(Cc1ccc(CN)cc1)C(C)(C)C. The van der Waals surface area contributed by atoms with Crippen LogP contribution in [0.15, 0.2) is 36.9 Å². The molecule has 1 aromatic rings. The molecule has 0 heterocycles. The Labute approximate surface area is 105 Å². The van der Waals surface area contributed by atoms with E-state index in [0.717, 1.165) is 13.1 Å². The fraction of sp³-hybridized carbons (Fsp3) is 0.467. The molecular formula is C15H24N2. The van der Waals surface area contributed by atoms with Gasteiger partial charge in [0.1, 0.15) is 0 Å². The van der Waals surface area contributed by atoms with E-state index < -0.39 is 0 Å². The molecule has 2 nitrogen and oxygen atoms in total. The van der Waals surface area contributed by atoms with Crippen LogP contribution in [0.5, 0.6) is 0 Å². The van der Waals surface area contributed by atoms with E-state index in [2.05, 4.69) is 56.5 Å². The molecule has 0 saturated heterocycles. The van der Waals surface area contributed by atoms with Crippen LogP contribution in [-0.4, -0.2) is 17.0 Å². The fourth-order valence-corrected chi connectivity index (χ4v) is 1.73. The molecule has 1 aromatic carbocycles. The van der Waals surface area contributed by atoms with Gasteiger partial charge in [-0.15, -0.1) is 6.58 Å². The molecule has 0 amide bonds. The van der Waals surface area contributed by atoms with Gasteiger partial charge in [0.2, 0.25) is 0 Å². The number of hydrogen-bond acceptors (Lipinski definition) is 2. The maximum atomic E-state index is 5.59. The Morgan fingerprint density at radius 3 is 2.12 bits per heavy atom. The van der Waals surface area contributed by atoms with Crippen LogP contribution in [0.3, 0.4) is 0 Å². The Balaban J connectivity index is 2.75. The van der Waals surface area contributed by atoms with Crippen molar-refractivity contribution in [3.05, 3.63) is 48.0 Å². The van der Waals surface area contributed by atoms with Crippen molar-refractivity contribution in [3.63, 3.8) is 0 Å². The van der Waals surface area contributed by atoms with Crippen LogP contribution in [0.4, 0.5) is 0 Å². The van der Waals surface area contributed by atoms with Crippen molar-refractivity contribution in [2.75, 3.05) is 6.54 Å². The molecule has 0 saturated carbocycles. The zero-order valence-corrected chi connectivity index (χ0v) is 11.2. The minimum Gasteiger partial charge on any atom is -0.326 e. The third-order valence-corrected chi connectivity index (χ3v) is 2.93. The van der Waals surface area contributed by atoms with E-state index in [9.17, 15) is 0 Å². The summed E-state index contributed by atoms with van der Waals surface area (Å²) in [6.07, 6.45) is 1.96. The Morgan fingerprint density at radius 2 is 1.71 bits per heavy atom. The zero-order chi connectivity index (χ0) is 12.9. The predicted octanol–water partition coefficient (Wildman–Crippen LogP) is 2.93. The second kappa shape index (κ2) is 5.99. The van der Waals surface area contributed by atoms with Crippen LogP contribution in [0.2, 0.25) is 0 Å². The van der Waals surface area contributed by atoms with E-state index in [1.54, 1.807) is 0 Å². The average molecular weight is 232 g/mol. The molecule has 0 unspecified atom stereocenters. The molecule has 0 radical (unpaired) electrons. The summed E-state index contributed by atoms with van der Waals surface area (Å²) in [5.74, 6) is 0. The number of nitrogens with two attached hydrogens (primary N) is 1. The van der Waals surface area contributed by atoms with Crippen LogP contribution in [0.25, 0.3) is 0 Å². The highest BCUT2D eigenvalue weighted by molar-refractivity contribution is 5.22. The Morgan fingerprint density at radius 1 is 1.18 bits per heavy atom. The van der Waals surface area contributed by atoms with Crippen molar-refractivity contribution < 1.29 is 0 Å². The maximum Gasteiger partial charge on any atom is 0.0242 e. The van der Waals surface area contributed by atoms with Gasteiger partial charge in [-0.25, -0.2) is 0 Å². The van der Waals surface area contributed by atoms with E-state index in [1.807, 2.05) is 6.08 Å². The lowest BCUT2D eigenvalue weighted by atomic mass is 10.0. The highest BCUT2D eigenvalue weighted by atomic mass is 15.2. The van der Waals surface area contributed by atoms with Gasteiger partial charge in [-0.2, -0.15) is 0 Å². The van der Waals surface area contributed by atoms with Crippen LogP contribution in [0.1, 0.15) is 31.9 Å².